The van der Waals surface area contributed by atoms with Crippen LogP contribution in [0.1, 0.15) is 36.4 Å². The maximum Gasteiger partial charge on any atom is 0.115 e. The van der Waals surface area contributed by atoms with Gasteiger partial charge >= 0.3 is 0 Å². The molecule has 3 heteroatoms. The summed E-state index contributed by atoms with van der Waals surface area (Å²) in [7, 11) is 0. The van der Waals surface area contributed by atoms with Gasteiger partial charge in [0.15, 0.2) is 0 Å². The number of aromatic hydroxyl groups is 1. The Labute approximate surface area is 106 Å². The van der Waals surface area contributed by atoms with Crippen molar-refractivity contribution in [3.63, 3.8) is 0 Å². The molecule has 2 N–H and O–H groups in total. The molecule has 2 atom stereocenters. The van der Waals surface area contributed by atoms with Crippen LogP contribution in [0, 0.1) is 0 Å². The normalized spacial score (nSPS) is 14.5. The number of phenolic OH excluding ortho intramolecular Hbond substituents is 1. The van der Waals surface area contributed by atoms with E-state index in [9.17, 15) is 5.11 Å². The molecule has 0 amide bonds. The van der Waals surface area contributed by atoms with Gasteiger partial charge in [0.1, 0.15) is 5.75 Å². The lowest BCUT2D eigenvalue weighted by Gasteiger charge is -2.19. The van der Waals surface area contributed by atoms with Crippen LogP contribution in [0.5, 0.6) is 5.75 Å². The van der Waals surface area contributed by atoms with Gasteiger partial charge in [0, 0.05) is 17.0 Å². The summed E-state index contributed by atoms with van der Waals surface area (Å²) < 4.78 is 0. The topological polar surface area (TPSA) is 32.3 Å². The van der Waals surface area contributed by atoms with Gasteiger partial charge in [0.25, 0.3) is 0 Å². The third-order valence-corrected chi connectivity index (χ3v) is 3.92. The third-order valence-electron chi connectivity index (χ3n) is 2.86. The van der Waals surface area contributed by atoms with E-state index in [0.717, 1.165) is 0 Å². The maximum atomic E-state index is 9.25. The Morgan fingerprint density at radius 2 is 1.76 bits per heavy atom. The number of hydrogen-bond acceptors (Lipinski definition) is 3. The van der Waals surface area contributed by atoms with Crippen LogP contribution >= 0.6 is 11.3 Å². The Morgan fingerprint density at radius 1 is 1.06 bits per heavy atom. The van der Waals surface area contributed by atoms with Crippen molar-refractivity contribution in [1.82, 2.24) is 5.32 Å². The predicted octanol–water partition coefficient (Wildman–Crippen LogP) is 3.87. The SMILES string of the molecule is CC(N[C@H](C)c1cccs1)c1ccc(O)cc1. The van der Waals surface area contributed by atoms with Crippen molar-refractivity contribution in [1.29, 1.82) is 0 Å². The molecule has 0 aliphatic heterocycles. The molecule has 0 saturated carbocycles. The van der Waals surface area contributed by atoms with Gasteiger partial charge in [-0.3, -0.25) is 0 Å². The summed E-state index contributed by atoms with van der Waals surface area (Å²) in [6.45, 7) is 4.30. The Morgan fingerprint density at radius 3 is 2.35 bits per heavy atom. The zero-order valence-electron chi connectivity index (χ0n) is 10.1. The number of thiophene rings is 1. The van der Waals surface area contributed by atoms with Gasteiger partial charge < -0.3 is 10.4 Å². The van der Waals surface area contributed by atoms with Crippen LogP contribution in [0.3, 0.4) is 0 Å². The second-order valence-corrected chi connectivity index (χ2v) is 5.20. The standard InChI is InChI=1S/C14H17NOS/c1-10(12-5-7-13(16)8-6-12)15-11(2)14-4-3-9-17-14/h3-11,15-16H,1-2H3/t10?,11-/m1/s1. The number of benzene rings is 1. The molecular formula is C14H17NOS. The van der Waals surface area contributed by atoms with Gasteiger partial charge in [-0.2, -0.15) is 0 Å². The maximum absolute atomic E-state index is 9.25. The molecular weight excluding hydrogens is 230 g/mol. The number of rotatable bonds is 4. The predicted molar refractivity (Wildman–Crippen MR) is 72.4 cm³/mol. The smallest absolute Gasteiger partial charge is 0.115 e. The number of phenols is 1. The minimum absolute atomic E-state index is 0.271. The molecule has 2 rings (SSSR count). The molecule has 1 aromatic heterocycles. The van der Waals surface area contributed by atoms with Crippen molar-refractivity contribution in [2.45, 2.75) is 25.9 Å². The molecule has 0 radical (unpaired) electrons. The Kier molecular flexibility index (Phi) is 3.82. The van der Waals surface area contributed by atoms with Gasteiger partial charge in [0.2, 0.25) is 0 Å². The fourth-order valence-corrected chi connectivity index (χ4v) is 2.60. The van der Waals surface area contributed by atoms with Gasteiger partial charge in [-0.15, -0.1) is 11.3 Å². The minimum atomic E-state index is 0.271. The van der Waals surface area contributed by atoms with Gasteiger partial charge in [-0.05, 0) is 43.0 Å². The highest BCUT2D eigenvalue weighted by atomic mass is 32.1. The molecule has 0 spiro atoms. The Bertz CT molecular complexity index is 450. The fourth-order valence-electron chi connectivity index (χ4n) is 1.85. The molecule has 17 heavy (non-hydrogen) atoms. The van der Waals surface area contributed by atoms with Crippen molar-refractivity contribution in [2.75, 3.05) is 0 Å². The lowest BCUT2D eigenvalue weighted by Crippen LogP contribution is -2.21. The molecule has 0 fully saturated rings. The largest absolute Gasteiger partial charge is 0.508 e. The minimum Gasteiger partial charge on any atom is -0.508 e. The molecule has 90 valence electrons. The van der Waals surface area contributed by atoms with E-state index in [2.05, 4.69) is 36.7 Å². The zero-order chi connectivity index (χ0) is 12.3. The van der Waals surface area contributed by atoms with Crippen molar-refractivity contribution in [3.05, 3.63) is 52.2 Å². The molecule has 2 aromatic rings. The van der Waals surface area contributed by atoms with Crippen molar-refractivity contribution in [3.8, 4) is 5.75 Å². The first-order valence-corrected chi connectivity index (χ1v) is 6.63. The van der Waals surface area contributed by atoms with E-state index in [0.29, 0.717) is 11.8 Å². The van der Waals surface area contributed by atoms with Crippen LogP contribution in [0.25, 0.3) is 0 Å². The zero-order valence-corrected chi connectivity index (χ0v) is 10.9. The highest BCUT2D eigenvalue weighted by Gasteiger charge is 2.11. The molecule has 0 bridgehead atoms. The van der Waals surface area contributed by atoms with Crippen molar-refractivity contribution in [2.24, 2.45) is 0 Å². The molecule has 1 unspecified atom stereocenters. The lowest BCUT2D eigenvalue weighted by molar-refractivity contribution is 0.472. The lowest BCUT2D eigenvalue weighted by atomic mass is 10.1. The summed E-state index contributed by atoms with van der Waals surface area (Å²) in [5.74, 6) is 0.312. The molecule has 0 aliphatic rings. The first-order valence-electron chi connectivity index (χ1n) is 5.75. The van der Waals surface area contributed by atoms with Gasteiger partial charge in [-0.1, -0.05) is 18.2 Å². The van der Waals surface area contributed by atoms with Crippen LogP contribution in [0.4, 0.5) is 0 Å². The molecule has 0 saturated heterocycles. The highest BCUT2D eigenvalue weighted by Crippen LogP contribution is 2.23. The number of nitrogens with one attached hydrogen (secondary N) is 1. The molecule has 1 heterocycles. The quantitative estimate of drug-likeness (QED) is 0.859. The highest BCUT2D eigenvalue weighted by molar-refractivity contribution is 7.10. The summed E-state index contributed by atoms with van der Waals surface area (Å²) in [5, 5.41) is 14.9. The summed E-state index contributed by atoms with van der Waals surface area (Å²) in [4.78, 5) is 1.34. The van der Waals surface area contributed by atoms with Crippen molar-refractivity contribution < 1.29 is 5.11 Å². The average Bonchev–Trinajstić information content (AvgIpc) is 2.83. The van der Waals surface area contributed by atoms with Crippen molar-refractivity contribution >= 4 is 11.3 Å². The Hall–Kier alpha value is -1.32. The molecule has 1 aromatic carbocycles. The summed E-state index contributed by atoms with van der Waals surface area (Å²) >= 11 is 1.77. The third kappa shape index (κ3) is 3.08. The van der Waals surface area contributed by atoms with E-state index >= 15 is 0 Å². The second-order valence-electron chi connectivity index (χ2n) is 4.22. The van der Waals surface area contributed by atoms with E-state index in [1.165, 1.54) is 10.4 Å². The van der Waals surface area contributed by atoms with E-state index in [1.54, 1.807) is 23.5 Å². The van der Waals surface area contributed by atoms with E-state index in [-0.39, 0.29) is 6.04 Å². The van der Waals surface area contributed by atoms with Crippen LogP contribution in [0.2, 0.25) is 0 Å². The van der Waals surface area contributed by atoms with Crippen LogP contribution in [-0.2, 0) is 0 Å². The molecule has 0 aliphatic carbocycles. The van der Waals surface area contributed by atoms with E-state index in [4.69, 9.17) is 0 Å². The second kappa shape index (κ2) is 5.34. The van der Waals surface area contributed by atoms with Gasteiger partial charge in [-0.25, -0.2) is 0 Å². The summed E-state index contributed by atoms with van der Waals surface area (Å²) in [5.41, 5.74) is 1.19. The summed E-state index contributed by atoms with van der Waals surface area (Å²) in [6.07, 6.45) is 0. The fraction of sp³-hybridized carbons (Fsp3) is 0.286. The van der Waals surface area contributed by atoms with Crippen LogP contribution < -0.4 is 5.32 Å². The number of hydrogen-bond donors (Lipinski definition) is 2. The van der Waals surface area contributed by atoms with E-state index in [1.807, 2.05) is 12.1 Å². The molecule has 2 nitrogen and oxygen atoms in total. The van der Waals surface area contributed by atoms with Gasteiger partial charge in [0.05, 0.1) is 0 Å². The first-order chi connectivity index (χ1) is 8.16. The average molecular weight is 247 g/mol. The Balaban J connectivity index is 2.01. The van der Waals surface area contributed by atoms with Crippen LogP contribution in [-0.4, -0.2) is 5.11 Å². The summed E-state index contributed by atoms with van der Waals surface area (Å²) in [6, 6.07) is 12.2. The monoisotopic (exact) mass is 247 g/mol. The first kappa shape index (κ1) is 12.1. The van der Waals surface area contributed by atoms with Crippen LogP contribution in [0.15, 0.2) is 41.8 Å². The van der Waals surface area contributed by atoms with E-state index < -0.39 is 0 Å².